The number of carbonyl (C=O) groups excluding carboxylic acids is 2. The number of β-lactam (4-membered cyclic amide) rings is 1. The van der Waals surface area contributed by atoms with E-state index in [1.165, 1.54) is 16.7 Å². The monoisotopic (exact) mass is 465 g/mol. The summed E-state index contributed by atoms with van der Waals surface area (Å²) in [4.78, 5) is 50.0. The van der Waals surface area contributed by atoms with Crippen molar-refractivity contribution in [3.63, 3.8) is 0 Å². The number of hydrogen-bond acceptors (Lipinski definition) is 7. The van der Waals surface area contributed by atoms with E-state index in [-0.39, 0.29) is 40.8 Å². The van der Waals surface area contributed by atoms with Crippen LogP contribution >= 0.6 is 11.8 Å². The van der Waals surface area contributed by atoms with Gasteiger partial charge in [0, 0.05) is 28.7 Å². The fraction of sp³-hybridized carbons (Fsp3) is 0.619. The van der Waals surface area contributed by atoms with Crippen molar-refractivity contribution < 1.29 is 34.5 Å². The first-order chi connectivity index (χ1) is 15.1. The number of thioether (sulfide) groups is 1. The number of rotatable bonds is 7. The van der Waals surface area contributed by atoms with Crippen LogP contribution in [-0.4, -0.2) is 80.0 Å². The molecule has 174 valence electrons. The number of nitrogens with one attached hydrogen (secondary N) is 2. The Morgan fingerprint density at radius 3 is 2.56 bits per heavy atom. The third-order valence-corrected chi connectivity index (χ3v) is 8.25. The predicted molar refractivity (Wildman–Crippen MR) is 114 cm³/mol. The number of carboxylic acid groups (broad SMARTS) is 2. The topological polar surface area (TPSA) is 156 Å². The van der Waals surface area contributed by atoms with Gasteiger partial charge >= 0.3 is 11.9 Å². The van der Waals surface area contributed by atoms with Gasteiger partial charge in [-0.15, -0.1) is 11.8 Å². The smallest absolute Gasteiger partial charge is 0.353 e. The molecule has 0 spiro atoms. The number of nitrogens with zero attached hydrogens (tertiary/aromatic N) is 1. The zero-order chi connectivity index (χ0) is 23.3. The summed E-state index contributed by atoms with van der Waals surface area (Å²) in [6, 6.07) is -1.14. The number of amides is 2. The molecular formula is C21H27N3O7S. The van der Waals surface area contributed by atoms with Crippen molar-refractivity contribution in [2.75, 3.05) is 6.54 Å². The molecule has 2 unspecified atom stereocenters. The third-order valence-electron chi connectivity index (χ3n) is 6.74. The Morgan fingerprint density at radius 1 is 1.25 bits per heavy atom. The second-order valence-corrected chi connectivity index (χ2v) is 10.2. The summed E-state index contributed by atoms with van der Waals surface area (Å²) in [7, 11) is 0. The maximum atomic E-state index is 12.6. The highest BCUT2D eigenvalue weighted by Crippen LogP contribution is 2.51. The third kappa shape index (κ3) is 3.82. The molecule has 0 aromatic heterocycles. The van der Waals surface area contributed by atoms with E-state index in [4.69, 9.17) is 5.11 Å². The van der Waals surface area contributed by atoms with Crippen molar-refractivity contribution in [3.8, 4) is 0 Å². The van der Waals surface area contributed by atoms with E-state index in [0.29, 0.717) is 24.3 Å². The van der Waals surface area contributed by atoms with Crippen LogP contribution in [0.4, 0.5) is 0 Å². The van der Waals surface area contributed by atoms with E-state index in [1.807, 2.05) is 6.92 Å². The van der Waals surface area contributed by atoms with Gasteiger partial charge in [-0.25, -0.2) is 4.79 Å². The summed E-state index contributed by atoms with van der Waals surface area (Å²) in [5.74, 6) is -4.07. The molecule has 32 heavy (non-hydrogen) atoms. The van der Waals surface area contributed by atoms with E-state index in [2.05, 4.69) is 10.6 Å². The van der Waals surface area contributed by atoms with Gasteiger partial charge in [-0.2, -0.15) is 0 Å². The van der Waals surface area contributed by atoms with Crippen molar-refractivity contribution in [2.45, 2.75) is 56.2 Å². The Morgan fingerprint density at radius 2 is 1.97 bits per heavy atom. The Labute approximate surface area is 189 Å². The number of carboxylic acids is 2. The minimum absolute atomic E-state index is 0.0156. The molecule has 1 aliphatic carbocycles. The normalized spacial score (nSPS) is 36.8. The van der Waals surface area contributed by atoms with Gasteiger partial charge in [-0.05, 0) is 19.8 Å². The highest BCUT2D eigenvalue weighted by molar-refractivity contribution is 8.03. The van der Waals surface area contributed by atoms with Crippen molar-refractivity contribution in [1.82, 2.24) is 15.5 Å². The lowest BCUT2D eigenvalue weighted by molar-refractivity contribution is -0.163. The second kappa shape index (κ2) is 8.53. The highest BCUT2D eigenvalue weighted by Gasteiger charge is 2.60. The van der Waals surface area contributed by atoms with Crippen LogP contribution < -0.4 is 10.6 Å². The van der Waals surface area contributed by atoms with E-state index >= 15 is 0 Å². The van der Waals surface area contributed by atoms with Gasteiger partial charge < -0.3 is 30.9 Å². The SMILES string of the molecule is C[C@@H](O)[C@H]1C(=O)N2C(C(=O)O)=C(S[C@@H]3CN[C@H](C(=O)NC4C=CC(C(=O)O)C4)C3)[C@H](C)[C@H]12. The highest BCUT2D eigenvalue weighted by atomic mass is 32.2. The fourth-order valence-electron chi connectivity index (χ4n) is 5.12. The Hall–Kier alpha value is -2.37. The molecule has 2 fully saturated rings. The van der Waals surface area contributed by atoms with Crippen molar-refractivity contribution in [3.05, 3.63) is 22.8 Å². The molecule has 2 amide bonds. The average molecular weight is 466 g/mol. The van der Waals surface area contributed by atoms with Gasteiger partial charge in [0.15, 0.2) is 0 Å². The number of fused-ring (bicyclic) bond motifs is 1. The molecule has 5 N–H and O–H groups in total. The number of aliphatic hydroxyl groups is 1. The predicted octanol–water partition coefficient (Wildman–Crippen LogP) is -0.251. The van der Waals surface area contributed by atoms with E-state index in [0.717, 1.165) is 0 Å². The molecule has 2 saturated heterocycles. The van der Waals surface area contributed by atoms with Crippen LogP contribution in [0.25, 0.3) is 0 Å². The molecule has 4 rings (SSSR count). The molecule has 11 heteroatoms. The van der Waals surface area contributed by atoms with Crippen molar-refractivity contribution in [1.29, 1.82) is 0 Å². The molecule has 0 saturated carbocycles. The lowest BCUT2D eigenvalue weighted by Crippen LogP contribution is -2.63. The first-order valence-corrected chi connectivity index (χ1v) is 11.6. The molecule has 10 nitrogen and oxygen atoms in total. The molecule has 3 aliphatic heterocycles. The Kier molecular flexibility index (Phi) is 6.08. The fourth-order valence-corrected chi connectivity index (χ4v) is 6.60. The standard InChI is InChI=1S/C21H27N3O7S/c1-8-15-14(9(2)25)19(27)24(15)16(21(30)31)17(8)32-12-6-13(22-7-12)18(26)23-11-4-3-10(5-11)20(28)29/h3-4,8-15,22,25H,5-7H2,1-2H3,(H,23,26)(H,28,29)(H,30,31)/t8-,9-,10?,11?,12+,13+,14-,15-/m1/s1. The Balaban J connectivity index is 1.38. The van der Waals surface area contributed by atoms with Gasteiger partial charge in [0.25, 0.3) is 0 Å². The van der Waals surface area contributed by atoms with Crippen LogP contribution in [0.1, 0.15) is 26.7 Å². The number of aliphatic carboxylic acids is 2. The number of aliphatic hydroxyl groups excluding tert-OH is 1. The second-order valence-electron chi connectivity index (χ2n) is 8.89. The minimum atomic E-state index is -1.17. The summed E-state index contributed by atoms with van der Waals surface area (Å²) in [6.45, 7) is 3.92. The lowest BCUT2D eigenvalue weighted by atomic mass is 9.79. The zero-order valence-electron chi connectivity index (χ0n) is 17.7. The summed E-state index contributed by atoms with van der Waals surface area (Å²) < 4.78 is 0. The van der Waals surface area contributed by atoms with Crippen LogP contribution in [0.15, 0.2) is 22.8 Å². The zero-order valence-corrected chi connectivity index (χ0v) is 18.5. The van der Waals surface area contributed by atoms with Crippen LogP contribution in [0.5, 0.6) is 0 Å². The van der Waals surface area contributed by atoms with Crippen molar-refractivity contribution in [2.24, 2.45) is 17.8 Å². The molecule has 0 aromatic rings. The summed E-state index contributed by atoms with van der Waals surface area (Å²) in [6.07, 6.45) is 3.24. The van der Waals surface area contributed by atoms with Gasteiger partial charge in [0.05, 0.1) is 30.0 Å². The van der Waals surface area contributed by atoms with E-state index < -0.39 is 35.9 Å². The average Bonchev–Trinajstić information content (AvgIpc) is 3.41. The molecule has 3 heterocycles. The maximum absolute atomic E-state index is 12.6. The maximum Gasteiger partial charge on any atom is 0.353 e. The quantitative estimate of drug-likeness (QED) is 0.253. The first kappa shape index (κ1) is 22.8. The van der Waals surface area contributed by atoms with Gasteiger partial charge in [0.1, 0.15) is 5.70 Å². The molecule has 8 atom stereocenters. The lowest BCUT2D eigenvalue weighted by Gasteiger charge is -2.46. The van der Waals surface area contributed by atoms with Gasteiger partial charge in [0.2, 0.25) is 11.8 Å². The number of carbonyl (C=O) groups is 4. The Bertz CT molecular complexity index is 917. The summed E-state index contributed by atoms with van der Waals surface area (Å²) >= 11 is 1.38. The molecule has 4 aliphatic rings. The van der Waals surface area contributed by atoms with Crippen LogP contribution in [-0.2, 0) is 19.2 Å². The van der Waals surface area contributed by atoms with Gasteiger partial charge in [-0.3, -0.25) is 14.4 Å². The summed E-state index contributed by atoms with van der Waals surface area (Å²) in [5.41, 5.74) is -0.0156. The molecule has 0 radical (unpaired) electrons. The van der Waals surface area contributed by atoms with E-state index in [1.54, 1.807) is 19.1 Å². The van der Waals surface area contributed by atoms with Crippen LogP contribution in [0.3, 0.4) is 0 Å². The summed E-state index contributed by atoms with van der Waals surface area (Å²) in [5, 5.41) is 34.7. The number of hydrogen-bond donors (Lipinski definition) is 5. The van der Waals surface area contributed by atoms with Gasteiger partial charge in [-0.1, -0.05) is 19.1 Å². The molecule has 0 bridgehead atoms. The van der Waals surface area contributed by atoms with Crippen LogP contribution in [0, 0.1) is 17.8 Å². The van der Waals surface area contributed by atoms with Crippen molar-refractivity contribution >= 4 is 35.5 Å². The van der Waals surface area contributed by atoms with Crippen LogP contribution in [0.2, 0.25) is 0 Å². The molecular weight excluding hydrogens is 438 g/mol. The molecule has 0 aromatic carbocycles. The largest absolute Gasteiger partial charge is 0.481 e. The van der Waals surface area contributed by atoms with E-state index in [9.17, 15) is 29.4 Å². The minimum Gasteiger partial charge on any atom is -0.481 e. The first-order valence-electron chi connectivity index (χ1n) is 10.7.